The van der Waals surface area contributed by atoms with Crippen molar-refractivity contribution in [3.8, 4) is 11.8 Å². The first-order valence-electron chi connectivity index (χ1n) is 5.74. The normalized spacial score (nSPS) is 9.53. The zero-order chi connectivity index (χ0) is 13.5. The van der Waals surface area contributed by atoms with Crippen LogP contribution in [0.25, 0.3) is 0 Å². The van der Waals surface area contributed by atoms with Gasteiger partial charge in [-0.1, -0.05) is 11.8 Å². The molecule has 0 bridgehead atoms. The number of hydrogen-bond acceptors (Lipinski definition) is 4. The van der Waals surface area contributed by atoms with E-state index < -0.39 is 0 Å². The Kier molecular flexibility index (Phi) is 4.67. The maximum atomic E-state index is 12.1. The predicted octanol–water partition coefficient (Wildman–Crippen LogP) is 1.38. The number of aromatic nitrogens is 1. The van der Waals surface area contributed by atoms with Crippen molar-refractivity contribution < 1.29 is 4.79 Å². The minimum absolute atomic E-state index is 0.229. The summed E-state index contributed by atoms with van der Waals surface area (Å²) in [4.78, 5) is 16.1. The lowest BCUT2D eigenvalue weighted by Crippen LogP contribution is -2.24. The molecule has 0 aromatic carbocycles. The van der Waals surface area contributed by atoms with E-state index in [-0.39, 0.29) is 12.5 Å². The third-order valence-electron chi connectivity index (χ3n) is 2.38. The Hall–Kier alpha value is -2.16. The number of amides is 1. The summed E-state index contributed by atoms with van der Waals surface area (Å²) in [6.45, 7) is 0.744. The number of nitrogens with two attached hydrogens (primary N) is 1. The van der Waals surface area contributed by atoms with E-state index in [2.05, 4.69) is 22.1 Å². The molecule has 3 N–H and O–H groups in total. The zero-order valence-electron chi connectivity index (χ0n) is 10.2. The number of nitrogens with zero attached hydrogens (tertiary/aromatic N) is 1. The van der Waals surface area contributed by atoms with Gasteiger partial charge in [-0.25, -0.2) is 4.98 Å². The van der Waals surface area contributed by atoms with Crippen LogP contribution in [0, 0.1) is 11.8 Å². The van der Waals surface area contributed by atoms with E-state index in [1.807, 2.05) is 16.8 Å². The lowest BCUT2D eigenvalue weighted by atomic mass is 10.2. The molecule has 2 aromatic rings. The molecule has 1 amide bonds. The van der Waals surface area contributed by atoms with Crippen molar-refractivity contribution in [2.24, 2.45) is 5.73 Å². The van der Waals surface area contributed by atoms with Crippen molar-refractivity contribution in [1.82, 2.24) is 10.3 Å². The average molecular weight is 271 g/mol. The molecule has 0 unspecified atom stereocenters. The van der Waals surface area contributed by atoms with E-state index in [9.17, 15) is 4.79 Å². The summed E-state index contributed by atoms with van der Waals surface area (Å²) in [6.07, 6.45) is 1.58. The van der Waals surface area contributed by atoms with Gasteiger partial charge in [-0.05, 0) is 34.5 Å². The topological polar surface area (TPSA) is 68.0 Å². The Balaban J connectivity index is 2.10. The van der Waals surface area contributed by atoms with E-state index in [0.717, 1.165) is 5.56 Å². The fourth-order valence-electron chi connectivity index (χ4n) is 1.49. The number of thiophene rings is 1. The molecule has 0 atom stereocenters. The van der Waals surface area contributed by atoms with E-state index in [4.69, 9.17) is 5.73 Å². The zero-order valence-corrected chi connectivity index (χ0v) is 11.0. The van der Waals surface area contributed by atoms with E-state index >= 15 is 0 Å². The van der Waals surface area contributed by atoms with Crippen molar-refractivity contribution in [2.45, 2.75) is 6.54 Å². The number of pyridine rings is 1. The predicted molar refractivity (Wildman–Crippen MR) is 75.7 cm³/mol. The first-order valence-corrected chi connectivity index (χ1v) is 6.69. The first kappa shape index (κ1) is 13.3. The highest BCUT2D eigenvalue weighted by atomic mass is 32.1. The average Bonchev–Trinajstić information content (AvgIpc) is 2.96. The minimum atomic E-state index is -0.229. The van der Waals surface area contributed by atoms with E-state index in [1.165, 1.54) is 0 Å². The number of hydrogen-bond donors (Lipinski definition) is 2. The molecule has 0 saturated heterocycles. The van der Waals surface area contributed by atoms with Crippen LogP contribution in [0.5, 0.6) is 0 Å². The molecule has 19 heavy (non-hydrogen) atoms. The summed E-state index contributed by atoms with van der Waals surface area (Å²) in [6, 6.07) is 5.48. The van der Waals surface area contributed by atoms with Gasteiger partial charge in [-0.2, -0.15) is 11.3 Å². The van der Waals surface area contributed by atoms with Gasteiger partial charge < -0.3 is 11.1 Å². The van der Waals surface area contributed by atoms with Crippen LogP contribution >= 0.6 is 11.3 Å². The molecule has 0 aliphatic heterocycles. The van der Waals surface area contributed by atoms with Crippen LogP contribution in [0.4, 0.5) is 0 Å². The molecule has 0 aliphatic rings. The second-order valence-corrected chi connectivity index (χ2v) is 4.50. The Morgan fingerprint density at radius 2 is 2.37 bits per heavy atom. The van der Waals surface area contributed by atoms with Gasteiger partial charge in [-0.15, -0.1) is 0 Å². The van der Waals surface area contributed by atoms with Crippen molar-refractivity contribution in [1.29, 1.82) is 0 Å². The van der Waals surface area contributed by atoms with Crippen LogP contribution in [0.2, 0.25) is 0 Å². The van der Waals surface area contributed by atoms with Crippen LogP contribution in [-0.2, 0) is 6.54 Å². The second kappa shape index (κ2) is 6.69. The van der Waals surface area contributed by atoms with Crippen molar-refractivity contribution >= 4 is 17.2 Å². The van der Waals surface area contributed by atoms with Crippen LogP contribution in [-0.4, -0.2) is 17.4 Å². The molecular weight excluding hydrogens is 258 g/mol. The third-order valence-corrected chi connectivity index (χ3v) is 3.11. The largest absolute Gasteiger partial charge is 0.347 e. The number of carbonyl (C=O) groups excluding carboxylic acids is 1. The van der Waals surface area contributed by atoms with Gasteiger partial charge in [0.05, 0.1) is 12.1 Å². The molecule has 0 spiro atoms. The van der Waals surface area contributed by atoms with Gasteiger partial charge >= 0.3 is 0 Å². The number of rotatable bonds is 3. The van der Waals surface area contributed by atoms with Crippen LogP contribution in [0.15, 0.2) is 35.2 Å². The van der Waals surface area contributed by atoms with Gasteiger partial charge in [0, 0.05) is 12.7 Å². The number of carbonyl (C=O) groups is 1. The first-order chi connectivity index (χ1) is 9.31. The molecule has 2 heterocycles. The lowest BCUT2D eigenvalue weighted by Gasteiger charge is -2.04. The van der Waals surface area contributed by atoms with Gasteiger partial charge in [-0.3, -0.25) is 4.79 Å². The maximum Gasteiger partial charge on any atom is 0.271 e. The molecule has 2 aromatic heterocycles. The summed E-state index contributed by atoms with van der Waals surface area (Å²) in [5.74, 6) is 5.35. The van der Waals surface area contributed by atoms with Crippen LogP contribution in [0.1, 0.15) is 21.6 Å². The summed E-state index contributed by atoms with van der Waals surface area (Å²) in [7, 11) is 0. The highest BCUT2D eigenvalue weighted by Crippen LogP contribution is 2.07. The standard InChI is InChI=1S/C14H13N3OS/c15-6-1-3-12-4-2-7-16-13(12)14(18)17-9-11-5-8-19-10-11/h2,4-5,7-8,10H,6,9,15H2,(H,17,18). The summed E-state index contributed by atoms with van der Waals surface area (Å²) in [5, 5.41) is 6.79. The van der Waals surface area contributed by atoms with Crippen molar-refractivity contribution in [3.05, 3.63) is 52.0 Å². The molecule has 96 valence electrons. The highest BCUT2D eigenvalue weighted by molar-refractivity contribution is 7.07. The van der Waals surface area contributed by atoms with Gasteiger partial charge in [0.15, 0.2) is 0 Å². The Bertz CT molecular complexity index is 611. The fourth-order valence-corrected chi connectivity index (χ4v) is 2.16. The SMILES string of the molecule is NCC#Cc1cccnc1C(=O)NCc1ccsc1. The molecule has 5 heteroatoms. The van der Waals surface area contributed by atoms with Crippen LogP contribution < -0.4 is 11.1 Å². The van der Waals surface area contributed by atoms with Crippen LogP contribution in [0.3, 0.4) is 0 Å². The van der Waals surface area contributed by atoms with Crippen molar-refractivity contribution in [3.63, 3.8) is 0 Å². The fraction of sp³-hybridized carbons (Fsp3) is 0.143. The maximum absolute atomic E-state index is 12.1. The molecule has 0 radical (unpaired) electrons. The summed E-state index contributed by atoms with van der Waals surface area (Å²) < 4.78 is 0. The second-order valence-electron chi connectivity index (χ2n) is 3.72. The van der Waals surface area contributed by atoms with Gasteiger partial charge in [0.1, 0.15) is 5.69 Å². The molecule has 0 aliphatic carbocycles. The third kappa shape index (κ3) is 3.65. The Morgan fingerprint density at radius 1 is 1.47 bits per heavy atom. The molecule has 4 nitrogen and oxygen atoms in total. The van der Waals surface area contributed by atoms with Gasteiger partial charge in [0.2, 0.25) is 0 Å². The molecular formula is C14H13N3OS. The van der Waals surface area contributed by atoms with E-state index in [0.29, 0.717) is 17.8 Å². The highest BCUT2D eigenvalue weighted by Gasteiger charge is 2.10. The smallest absolute Gasteiger partial charge is 0.271 e. The Labute approximate surface area is 115 Å². The van der Waals surface area contributed by atoms with Crippen molar-refractivity contribution in [2.75, 3.05) is 6.54 Å². The van der Waals surface area contributed by atoms with Gasteiger partial charge in [0.25, 0.3) is 5.91 Å². The monoisotopic (exact) mass is 271 g/mol. The minimum Gasteiger partial charge on any atom is -0.347 e. The van der Waals surface area contributed by atoms with E-state index in [1.54, 1.807) is 29.7 Å². The summed E-state index contributed by atoms with van der Waals surface area (Å²) >= 11 is 1.60. The lowest BCUT2D eigenvalue weighted by molar-refractivity contribution is 0.0945. The number of nitrogens with one attached hydrogen (secondary N) is 1. The molecule has 0 fully saturated rings. The quantitative estimate of drug-likeness (QED) is 0.829. The molecule has 2 rings (SSSR count). The molecule has 0 saturated carbocycles. The summed E-state index contributed by atoms with van der Waals surface area (Å²) in [5.41, 5.74) is 7.33. The Morgan fingerprint density at radius 3 is 3.11 bits per heavy atom.